The summed E-state index contributed by atoms with van der Waals surface area (Å²) in [6, 6.07) is 0. The topological polar surface area (TPSA) is 0 Å². The van der Waals surface area contributed by atoms with Gasteiger partial charge in [-0.25, -0.2) is 0 Å². The van der Waals surface area contributed by atoms with Gasteiger partial charge in [0.25, 0.3) is 0 Å². The third-order valence-electron chi connectivity index (χ3n) is 2.39. The maximum atomic E-state index is 3.81. The van der Waals surface area contributed by atoms with Crippen LogP contribution in [0.2, 0.25) is 5.82 Å². The quantitative estimate of drug-likeness (QED) is 0.467. The molecule has 0 unspecified atom stereocenters. The standard InChI is InChI=1S/C8H15B/c1-7-3-5-8(9-2)6-4-7/h7-8H,2-6H2,1H3. The van der Waals surface area contributed by atoms with Gasteiger partial charge in [0.2, 0.25) is 0 Å². The molecule has 1 aliphatic carbocycles. The summed E-state index contributed by atoms with van der Waals surface area (Å²) in [7, 11) is 0. The predicted molar refractivity (Wildman–Crippen MR) is 44.3 cm³/mol. The molecule has 1 heteroatoms. The summed E-state index contributed by atoms with van der Waals surface area (Å²) in [6.45, 7) is 8.27. The molecule has 1 aliphatic rings. The van der Waals surface area contributed by atoms with Gasteiger partial charge in [-0.3, -0.25) is 0 Å². The molecule has 0 aromatic rings. The molecule has 0 amide bonds. The fourth-order valence-corrected chi connectivity index (χ4v) is 1.52. The molecule has 9 heavy (non-hydrogen) atoms. The zero-order valence-corrected chi connectivity index (χ0v) is 6.27. The minimum absolute atomic E-state index is 0.834. The molecule has 1 fully saturated rings. The fraction of sp³-hybridized carbons (Fsp3) is 0.875. The molecular formula is C8H15B. The van der Waals surface area contributed by atoms with E-state index in [2.05, 4.69) is 20.3 Å². The molecule has 0 spiro atoms. The maximum absolute atomic E-state index is 3.81. The average Bonchev–Trinajstić information content (AvgIpc) is 1.90. The summed E-state index contributed by atoms with van der Waals surface area (Å²) < 4.78 is 0. The Bertz CT molecular complexity index is 90.7. The first-order chi connectivity index (χ1) is 4.33. The number of hydrogen-bond acceptors (Lipinski definition) is 0. The zero-order valence-electron chi connectivity index (χ0n) is 6.27. The Morgan fingerprint density at radius 3 is 2.22 bits per heavy atom. The molecular weight excluding hydrogens is 107 g/mol. The second-order valence-corrected chi connectivity index (χ2v) is 3.26. The minimum atomic E-state index is 0.834. The van der Waals surface area contributed by atoms with E-state index in [-0.39, 0.29) is 0 Å². The van der Waals surface area contributed by atoms with Crippen molar-refractivity contribution in [3.63, 3.8) is 0 Å². The predicted octanol–water partition coefficient (Wildman–Crippen LogP) is 2.12. The molecule has 0 aromatic heterocycles. The van der Waals surface area contributed by atoms with Gasteiger partial charge >= 0.3 is 57.7 Å². The van der Waals surface area contributed by atoms with Gasteiger partial charge in [0.15, 0.2) is 0 Å². The Morgan fingerprint density at radius 2 is 1.78 bits per heavy atom. The van der Waals surface area contributed by atoms with Crippen molar-refractivity contribution >= 4 is 13.4 Å². The normalized spacial score (nSPS) is 35.7. The van der Waals surface area contributed by atoms with E-state index in [4.69, 9.17) is 0 Å². The Kier molecular flexibility index (Phi) is 2.50. The monoisotopic (exact) mass is 122 g/mol. The van der Waals surface area contributed by atoms with Crippen LogP contribution in [0.15, 0.2) is 0 Å². The van der Waals surface area contributed by atoms with Gasteiger partial charge < -0.3 is 0 Å². The van der Waals surface area contributed by atoms with Crippen LogP contribution in [0.5, 0.6) is 0 Å². The van der Waals surface area contributed by atoms with E-state index in [0.717, 1.165) is 11.7 Å². The summed E-state index contributed by atoms with van der Waals surface area (Å²) >= 11 is 0. The van der Waals surface area contributed by atoms with E-state index < -0.39 is 0 Å². The molecule has 1 rings (SSSR count). The van der Waals surface area contributed by atoms with E-state index in [9.17, 15) is 0 Å². The van der Waals surface area contributed by atoms with Crippen LogP contribution in [-0.2, 0) is 0 Å². The molecule has 0 aromatic carbocycles. The van der Waals surface area contributed by atoms with Gasteiger partial charge in [0, 0.05) is 0 Å². The van der Waals surface area contributed by atoms with Crippen molar-refractivity contribution < 1.29 is 0 Å². The van der Waals surface area contributed by atoms with Gasteiger partial charge in [0.1, 0.15) is 0 Å². The van der Waals surface area contributed by atoms with E-state index in [1.54, 1.807) is 0 Å². The molecule has 0 aliphatic heterocycles. The Labute approximate surface area is 58.6 Å². The van der Waals surface area contributed by atoms with Crippen LogP contribution in [0.4, 0.5) is 0 Å². The van der Waals surface area contributed by atoms with Gasteiger partial charge in [-0.15, -0.1) is 0 Å². The first-order valence-corrected chi connectivity index (χ1v) is 3.95. The van der Waals surface area contributed by atoms with Crippen LogP contribution >= 0.6 is 0 Å². The van der Waals surface area contributed by atoms with Crippen LogP contribution in [0.1, 0.15) is 32.6 Å². The first-order valence-electron chi connectivity index (χ1n) is 3.95. The van der Waals surface area contributed by atoms with Crippen LogP contribution in [0.3, 0.4) is 0 Å². The van der Waals surface area contributed by atoms with Crippen molar-refractivity contribution in [1.82, 2.24) is 0 Å². The SMILES string of the molecule is C=BC1CCC(C)CC1. The molecule has 0 radical (unpaired) electrons. The van der Waals surface area contributed by atoms with Crippen LogP contribution in [0, 0.1) is 5.92 Å². The third kappa shape index (κ3) is 1.96. The van der Waals surface area contributed by atoms with Crippen molar-refractivity contribution in [3.8, 4) is 0 Å². The molecule has 0 nitrogen and oxygen atoms in total. The van der Waals surface area contributed by atoms with Gasteiger partial charge in [0.05, 0.1) is 0 Å². The molecule has 1 saturated carbocycles. The van der Waals surface area contributed by atoms with Crippen LogP contribution < -0.4 is 0 Å². The molecule has 0 heterocycles. The number of hydrogen-bond donors (Lipinski definition) is 0. The summed E-state index contributed by atoms with van der Waals surface area (Å²) in [5, 5.41) is 0. The Morgan fingerprint density at radius 1 is 1.22 bits per heavy atom. The molecule has 0 saturated heterocycles. The van der Waals surface area contributed by atoms with E-state index in [0.29, 0.717) is 0 Å². The third-order valence-corrected chi connectivity index (χ3v) is 2.39. The summed E-state index contributed by atoms with van der Waals surface area (Å²) in [6.07, 6.45) is 5.59. The fourth-order valence-electron chi connectivity index (χ4n) is 1.52. The van der Waals surface area contributed by atoms with Crippen LogP contribution in [0.25, 0.3) is 0 Å². The van der Waals surface area contributed by atoms with Crippen molar-refractivity contribution in [3.05, 3.63) is 0 Å². The van der Waals surface area contributed by atoms with Gasteiger partial charge in [-0.2, -0.15) is 0 Å². The van der Waals surface area contributed by atoms with Crippen molar-refractivity contribution in [2.75, 3.05) is 0 Å². The Hall–Kier alpha value is -0.0651. The second kappa shape index (κ2) is 3.19. The molecule has 0 atom stereocenters. The van der Waals surface area contributed by atoms with Crippen molar-refractivity contribution in [1.29, 1.82) is 0 Å². The van der Waals surface area contributed by atoms with E-state index >= 15 is 0 Å². The molecule has 50 valence electrons. The van der Waals surface area contributed by atoms with E-state index in [1.807, 2.05) is 0 Å². The Balaban J connectivity index is 2.26. The molecule has 0 N–H and O–H groups in total. The van der Waals surface area contributed by atoms with Crippen molar-refractivity contribution in [2.45, 2.75) is 38.4 Å². The van der Waals surface area contributed by atoms with Gasteiger partial charge in [-0.1, -0.05) is 0 Å². The van der Waals surface area contributed by atoms with Crippen molar-refractivity contribution in [2.24, 2.45) is 5.92 Å². The molecule has 0 bridgehead atoms. The zero-order chi connectivity index (χ0) is 6.69. The van der Waals surface area contributed by atoms with Gasteiger partial charge in [-0.05, 0) is 0 Å². The number of rotatable bonds is 1. The summed E-state index contributed by atoms with van der Waals surface area (Å²) in [4.78, 5) is 0. The first kappa shape index (κ1) is 7.05. The van der Waals surface area contributed by atoms with Crippen LogP contribution in [-0.4, -0.2) is 13.4 Å². The second-order valence-electron chi connectivity index (χ2n) is 3.26. The summed E-state index contributed by atoms with van der Waals surface area (Å²) in [5.74, 6) is 1.81. The summed E-state index contributed by atoms with van der Waals surface area (Å²) in [5.41, 5.74) is 0. The van der Waals surface area contributed by atoms with E-state index in [1.165, 1.54) is 25.7 Å². The average molecular weight is 122 g/mol.